The first-order valence-corrected chi connectivity index (χ1v) is 23.0. The van der Waals surface area contributed by atoms with Crippen LogP contribution in [0.5, 0.6) is 5.75 Å². The van der Waals surface area contributed by atoms with Gasteiger partial charge in [0.15, 0.2) is 0 Å². The van der Waals surface area contributed by atoms with Crippen molar-refractivity contribution in [3.63, 3.8) is 0 Å². The van der Waals surface area contributed by atoms with Crippen molar-refractivity contribution in [2.45, 2.75) is 137 Å². The summed E-state index contributed by atoms with van der Waals surface area (Å²) >= 11 is 0. The molecule has 4 fully saturated rings. The molecular weight excluding hydrogens is 790 g/mol. The van der Waals surface area contributed by atoms with Crippen molar-refractivity contribution < 1.29 is 41.5 Å². The minimum atomic E-state index is -4.02. The van der Waals surface area contributed by atoms with Crippen molar-refractivity contribution in [3.05, 3.63) is 72.1 Å². The smallest absolute Gasteiger partial charge is 0.408 e. The zero-order valence-electron chi connectivity index (χ0n) is 33.8. The maximum absolute atomic E-state index is 15.0. The Bertz CT molecular complexity index is 2380. The first kappa shape index (κ1) is 40.4. The highest BCUT2D eigenvalue weighted by molar-refractivity contribution is 7.91. The van der Waals surface area contributed by atoms with E-state index in [1.807, 2.05) is 36.4 Å². The van der Waals surface area contributed by atoms with E-state index in [2.05, 4.69) is 15.4 Å². The average Bonchev–Trinajstić information content (AvgIpc) is 4.02. The summed E-state index contributed by atoms with van der Waals surface area (Å²) in [6.45, 7) is 1.57. The quantitative estimate of drug-likeness (QED) is 0.247. The van der Waals surface area contributed by atoms with Gasteiger partial charge in [-0.25, -0.2) is 22.6 Å². The number of amides is 4. The van der Waals surface area contributed by atoms with Gasteiger partial charge in [0, 0.05) is 28.9 Å². The predicted molar refractivity (Wildman–Crippen MR) is 221 cm³/mol. The Kier molecular flexibility index (Phi) is 10.4. The number of aryl methyl sites for hydroxylation is 1. The number of carbonyl (C=O) groups is 4. The van der Waals surface area contributed by atoms with E-state index in [0.29, 0.717) is 62.0 Å². The molecule has 3 aliphatic carbocycles. The predicted octanol–water partition coefficient (Wildman–Crippen LogP) is 6.14. The fraction of sp³-hybridized carbons (Fsp3) is 0.533. The van der Waals surface area contributed by atoms with Gasteiger partial charge in [0.1, 0.15) is 46.6 Å². The molecule has 3 aromatic rings. The van der Waals surface area contributed by atoms with Gasteiger partial charge in [-0.15, -0.1) is 0 Å². The molecule has 2 aromatic carbocycles. The molecule has 5 atom stereocenters. The fourth-order valence-electron chi connectivity index (χ4n) is 9.65. The van der Waals surface area contributed by atoms with E-state index in [1.165, 1.54) is 17.0 Å². The number of benzene rings is 2. The van der Waals surface area contributed by atoms with Crippen molar-refractivity contribution in [1.82, 2.24) is 25.2 Å². The lowest BCUT2D eigenvalue weighted by Gasteiger charge is -2.37. The molecule has 3 saturated carbocycles. The monoisotopic (exact) mass is 841 g/mol. The number of pyridine rings is 1. The molecule has 9 rings (SSSR count). The number of halogens is 1. The SMILES string of the molecule is CC1(S(=O)(=O)NC(=O)[C@@]23C[C@@H]2/C=C\CCCCC[C@H](NC(=O)OC2CCCC2)C(=O)N2C[C@@]4(CCc5c(c(-c6cccc(F)c6)nc6ccccc56)O4)C[C@H]2C(=O)N3)CC1. The molecule has 1 spiro atoms. The summed E-state index contributed by atoms with van der Waals surface area (Å²) in [6.07, 6.45) is 11.5. The second kappa shape index (κ2) is 15.4. The van der Waals surface area contributed by atoms with Gasteiger partial charge >= 0.3 is 6.09 Å². The number of nitrogens with zero attached hydrogens (tertiary/aromatic N) is 2. The van der Waals surface area contributed by atoms with E-state index in [4.69, 9.17) is 14.5 Å². The van der Waals surface area contributed by atoms with Crippen molar-refractivity contribution in [2.24, 2.45) is 5.92 Å². The third-order valence-electron chi connectivity index (χ3n) is 13.7. The van der Waals surface area contributed by atoms with Crippen LogP contribution in [-0.2, 0) is 35.6 Å². The Labute approximate surface area is 349 Å². The lowest BCUT2D eigenvalue weighted by Crippen LogP contribution is -2.58. The first-order chi connectivity index (χ1) is 28.8. The van der Waals surface area contributed by atoms with E-state index in [-0.39, 0.29) is 25.5 Å². The summed E-state index contributed by atoms with van der Waals surface area (Å²) in [5.41, 5.74) is -0.112. The van der Waals surface area contributed by atoms with Crippen LogP contribution in [0.15, 0.2) is 60.7 Å². The highest BCUT2D eigenvalue weighted by atomic mass is 32.2. The van der Waals surface area contributed by atoms with Gasteiger partial charge in [-0.05, 0) is 102 Å². The number of aromatic nitrogens is 1. The molecule has 1 aromatic heterocycles. The molecule has 3 aliphatic heterocycles. The van der Waals surface area contributed by atoms with Crippen LogP contribution < -0.4 is 20.1 Å². The summed E-state index contributed by atoms with van der Waals surface area (Å²) in [5.74, 6) is -2.36. The second-order valence-electron chi connectivity index (χ2n) is 18.0. The van der Waals surface area contributed by atoms with Gasteiger partial charge < -0.3 is 25.0 Å². The average molecular weight is 842 g/mol. The number of allylic oxidation sites excluding steroid dienone is 1. The van der Waals surface area contributed by atoms with E-state index < -0.39 is 73.5 Å². The minimum Gasteiger partial charge on any atom is -0.483 e. The highest BCUT2D eigenvalue weighted by Crippen LogP contribution is 2.50. The standard InChI is InChI=1S/C45H52FN5O8S/c1-43(22-23-43)60(56,57)50-41(54)45-25-29(45)13-5-3-2-4-6-19-35(48-42(55)58-31-15-7-8-16-31)40(53)51-27-44(26-36(51)39(52)49-45)21-20-33-32-17-9-10-18-34(32)47-37(38(33)59-44)28-12-11-14-30(46)24-28/h5,9-14,17-18,24,29,31,35-36H,2-4,6-8,15-16,19-23,25-27H2,1H3,(H,48,55)(H,49,52)(H,50,54)/b13-5-/t29-,35-,36-,44+,45+/m0/s1. The molecule has 3 N–H and O–H groups in total. The Balaban J connectivity index is 1.08. The van der Waals surface area contributed by atoms with E-state index >= 15 is 0 Å². The number of para-hydroxylation sites is 1. The Morgan fingerprint density at radius 1 is 0.983 bits per heavy atom. The van der Waals surface area contributed by atoms with Crippen LogP contribution in [0.1, 0.15) is 102 Å². The van der Waals surface area contributed by atoms with Gasteiger partial charge in [-0.2, -0.15) is 0 Å². The maximum Gasteiger partial charge on any atom is 0.408 e. The van der Waals surface area contributed by atoms with Crippen LogP contribution >= 0.6 is 0 Å². The van der Waals surface area contributed by atoms with Gasteiger partial charge in [0.25, 0.3) is 5.91 Å². The van der Waals surface area contributed by atoms with Crippen LogP contribution in [0.4, 0.5) is 9.18 Å². The first-order valence-electron chi connectivity index (χ1n) is 21.5. The number of ether oxygens (including phenoxy) is 2. The van der Waals surface area contributed by atoms with E-state index in [0.717, 1.165) is 55.0 Å². The number of carbonyl (C=O) groups excluding carboxylic acids is 4. The van der Waals surface area contributed by atoms with Crippen LogP contribution in [0.2, 0.25) is 0 Å². The minimum absolute atomic E-state index is 0.0239. The van der Waals surface area contributed by atoms with Crippen LogP contribution in [0.3, 0.4) is 0 Å². The highest BCUT2D eigenvalue weighted by Gasteiger charge is 2.64. The number of hydrogen-bond acceptors (Lipinski definition) is 9. The van der Waals surface area contributed by atoms with Gasteiger partial charge in [0.05, 0.1) is 16.8 Å². The molecule has 4 heterocycles. The maximum atomic E-state index is 15.0. The number of fused-ring (bicyclic) bond motifs is 5. The molecule has 4 amide bonds. The van der Waals surface area contributed by atoms with Crippen LogP contribution in [0, 0.1) is 11.7 Å². The molecule has 318 valence electrons. The fourth-order valence-corrected chi connectivity index (χ4v) is 11.0. The number of rotatable bonds is 6. The Morgan fingerprint density at radius 2 is 1.77 bits per heavy atom. The van der Waals surface area contributed by atoms with Crippen LogP contribution in [-0.4, -0.2) is 82.7 Å². The Hall–Kier alpha value is -5.05. The van der Waals surface area contributed by atoms with E-state index in [9.17, 15) is 32.0 Å². The zero-order valence-corrected chi connectivity index (χ0v) is 34.7. The summed E-state index contributed by atoms with van der Waals surface area (Å²) in [4.78, 5) is 63.6. The molecule has 1 saturated heterocycles. The third kappa shape index (κ3) is 7.62. The summed E-state index contributed by atoms with van der Waals surface area (Å²) in [6, 6.07) is 11.6. The molecule has 60 heavy (non-hydrogen) atoms. The van der Waals surface area contributed by atoms with Crippen molar-refractivity contribution in [3.8, 4) is 17.0 Å². The number of hydrogen-bond donors (Lipinski definition) is 3. The topological polar surface area (TPSA) is 173 Å². The van der Waals surface area contributed by atoms with Crippen molar-refractivity contribution in [1.29, 1.82) is 0 Å². The normalized spacial score (nSPS) is 29.5. The second-order valence-corrected chi connectivity index (χ2v) is 20.2. The van der Waals surface area contributed by atoms with Gasteiger partial charge in [-0.1, -0.05) is 55.3 Å². The van der Waals surface area contributed by atoms with Crippen molar-refractivity contribution in [2.75, 3.05) is 6.54 Å². The number of nitrogens with one attached hydrogen (secondary N) is 3. The van der Waals surface area contributed by atoms with Gasteiger partial charge in [0.2, 0.25) is 21.8 Å². The van der Waals surface area contributed by atoms with Gasteiger partial charge in [-0.3, -0.25) is 19.1 Å². The molecule has 0 unspecified atom stereocenters. The molecule has 15 heteroatoms. The molecule has 0 bridgehead atoms. The zero-order chi connectivity index (χ0) is 41.9. The van der Waals surface area contributed by atoms with Crippen LogP contribution in [0.25, 0.3) is 22.2 Å². The van der Waals surface area contributed by atoms with E-state index in [1.54, 1.807) is 19.1 Å². The number of alkyl carbamates (subject to hydrolysis) is 1. The summed E-state index contributed by atoms with van der Waals surface area (Å²) in [5, 5.41) is 6.68. The number of sulfonamides is 1. The summed E-state index contributed by atoms with van der Waals surface area (Å²) < 4.78 is 55.3. The third-order valence-corrected chi connectivity index (χ3v) is 15.8. The largest absolute Gasteiger partial charge is 0.483 e. The summed E-state index contributed by atoms with van der Waals surface area (Å²) in [7, 11) is -4.02. The Morgan fingerprint density at radius 3 is 2.55 bits per heavy atom. The molecular formula is C45H52FN5O8S. The molecule has 6 aliphatic rings. The van der Waals surface area contributed by atoms with Crippen molar-refractivity contribution >= 4 is 44.7 Å². The lowest BCUT2D eigenvalue weighted by molar-refractivity contribution is -0.141. The molecule has 13 nitrogen and oxygen atoms in total. The molecule has 0 radical (unpaired) electrons. The lowest BCUT2D eigenvalue weighted by atomic mass is 9.86.